The average Bonchev–Trinajstić information content (AvgIpc) is 3.20. The van der Waals surface area contributed by atoms with Gasteiger partial charge in [0, 0.05) is 26.5 Å². The van der Waals surface area contributed by atoms with E-state index in [-0.39, 0.29) is 25.5 Å². The van der Waals surface area contributed by atoms with Gasteiger partial charge in [0.1, 0.15) is 11.6 Å². The molecule has 0 bridgehead atoms. The molecule has 1 aromatic heterocycles. The number of ether oxygens (including phenoxy) is 2. The fourth-order valence-corrected chi connectivity index (χ4v) is 2.78. The van der Waals surface area contributed by atoms with Gasteiger partial charge in [-0.05, 0) is 37.3 Å². The van der Waals surface area contributed by atoms with Crippen molar-refractivity contribution in [2.75, 3.05) is 6.61 Å². The average molecular weight is 358 g/mol. The van der Waals surface area contributed by atoms with Crippen molar-refractivity contribution in [3.8, 4) is 11.3 Å². The Hall–Kier alpha value is -2.57. The van der Waals surface area contributed by atoms with E-state index in [1.54, 1.807) is 24.4 Å². The molecule has 1 saturated heterocycles. The van der Waals surface area contributed by atoms with Gasteiger partial charge in [0.2, 0.25) is 5.91 Å². The summed E-state index contributed by atoms with van der Waals surface area (Å²) >= 11 is 0. The normalized spacial score (nSPS) is 20.0. The lowest BCUT2D eigenvalue weighted by atomic mass is 10.1. The summed E-state index contributed by atoms with van der Waals surface area (Å²) in [6.07, 6.45) is 5.66. The number of hydrogen-bond acceptors (Lipinski definition) is 4. The molecule has 5 nitrogen and oxygen atoms in total. The zero-order valence-corrected chi connectivity index (χ0v) is 14.8. The van der Waals surface area contributed by atoms with Gasteiger partial charge in [-0.15, -0.1) is 0 Å². The number of carbonyl (C=O) groups excluding carboxylic acids is 1. The van der Waals surface area contributed by atoms with Gasteiger partial charge in [-0.3, -0.25) is 9.36 Å². The van der Waals surface area contributed by atoms with Crippen LogP contribution < -0.4 is 0 Å². The van der Waals surface area contributed by atoms with Crippen LogP contribution in [0.1, 0.15) is 32.3 Å². The zero-order valence-electron chi connectivity index (χ0n) is 14.8. The molecule has 6 heteroatoms. The summed E-state index contributed by atoms with van der Waals surface area (Å²) in [5.41, 5.74) is 2.20. The van der Waals surface area contributed by atoms with Gasteiger partial charge >= 0.3 is 0 Å². The molecule has 0 unspecified atom stereocenters. The van der Waals surface area contributed by atoms with Crippen LogP contribution in [0.2, 0.25) is 0 Å². The molecule has 0 aliphatic carbocycles. The van der Waals surface area contributed by atoms with Gasteiger partial charge in [-0.1, -0.05) is 18.2 Å². The number of halogens is 1. The van der Waals surface area contributed by atoms with Crippen LogP contribution in [0.25, 0.3) is 17.3 Å². The fraction of sp³-hybridized carbons (Fsp3) is 0.300. The van der Waals surface area contributed by atoms with E-state index in [2.05, 4.69) is 11.6 Å². The molecule has 2 aromatic rings. The van der Waals surface area contributed by atoms with E-state index in [0.717, 1.165) is 11.1 Å². The predicted molar refractivity (Wildman–Crippen MR) is 99.1 cm³/mol. The van der Waals surface area contributed by atoms with E-state index in [0.29, 0.717) is 24.5 Å². The van der Waals surface area contributed by atoms with Crippen molar-refractivity contribution in [2.45, 2.75) is 32.7 Å². The summed E-state index contributed by atoms with van der Waals surface area (Å²) in [7, 11) is 0. The van der Waals surface area contributed by atoms with Crippen molar-refractivity contribution in [3.05, 3.63) is 60.3 Å². The highest BCUT2D eigenvalue weighted by Gasteiger charge is 2.22. The Labute approximate surface area is 153 Å². The first kappa shape index (κ1) is 18.2. The molecule has 1 aromatic carbocycles. The van der Waals surface area contributed by atoms with Crippen LogP contribution in [0.5, 0.6) is 0 Å². The number of rotatable bonds is 5. The molecule has 0 amide bonds. The first-order valence-electron chi connectivity index (χ1n) is 8.41. The van der Waals surface area contributed by atoms with Crippen LogP contribution in [0, 0.1) is 5.82 Å². The topological polar surface area (TPSA) is 53.4 Å². The number of carbonyl (C=O) groups is 1. The van der Waals surface area contributed by atoms with Gasteiger partial charge in [-0.2, -0.15) is 0 Å². The lowest BCUT2D eigenvalue weighted by Crippen LogP contribution is -2.10. The largest absolute Gasteiger partial charge is 0.350 e. The van der Waals surface area contributed by atoms with E-state index in [9.17, 15) is 9.18 Å². The number of allylic oxidation sites excluding steroid dienone is 1. The molecule has 3 rings (SSSR count). The van der Waals surface area contributed by atoms with Crippen molar-refractivity contribution in [1.82, 2.24) is 9.55 Å². The summed E-state index contributed by atoms with van der Waals surface area (Å²) < 4.78 is 25.5. The molecule has 138 valence electrons. The van der Waals surface area contributed by atoms with Gasteiger partial charge in [0.25, 0.3) is 0 Å². The van der Waals surface area contributed by atoms with Crippen LogP contribution >= 0.6 is 0 Å². The molecule has 26 heavy (non-hydrogen) atoms. The van der Waals surface area contributed by atoms with Crippen LogP contribution in [0.3, 0.4) is 0 Å². The van der Waals surface area contributed by atoms with Crippen molar-refractivity contribution in [2.24, 2.45) is 0 Å². The minimum Gasteiger partial charge on any atom is -0.350 e. The monoisotopic (exact) mass is 358 g/mol. The Morgan fingerprint density at radius 1 is 1.46 bits per heavy atom. The standard InChI is InChI=1S/C20H21FN2O3.H2/c1-13(10-18-12-25-15(3)26-18)4-9-20-22-19(11-23(20)14(2)24)16-5-7-17(21)8-6-16;/h4-9,11,15,18H,1,10,12H2,2-3H3;1H/b9-4-;/t15-,18-;/m0./s1. The molecule has 0 radical (unpaired) electrons. The lowest BCUT2D eigenvalue weighted by molar-refractivity contribution is -0.0416. The van der Waals surface area contributed by atoms with Crippen molar-refractivity contribution in [1.29, 1.82) is 0 Å². The van der Waals surface area contributed by atoms with Gasteiger partial charge in [0.15, 0.2) is 6.29 Å². The van der Waals surface area contributed by atoms with Gasteiger partial charge < -0.3 is 9.47 Å². The number of benzene rings is 1. The van der Waals surface area contributed by atoms with Crippen molar-refractivity contribution < 1.29 is 20.1 Å². The summed E-state index contributed by atoms with van der Waals surface area (Å²) in [6, 6.07) is 5.99. The fourth-order valence-electron chi connectivity index (χ4n) is 2.78. The van der Waals surface area contributed by atoms with E-state index < -0.39 is 0 Å². The van der Waals surface area contributed by atoms with Crippen LogP contribution in [0.4, 0.5) is 4.39 Å². The van der Waals surface area contributed by atoms with E-state index in [4.69, 9.17) is 9.47 Å². The highest BCUT2D eigenvalue weighted by molar-refractivity contribution is 5.80. The molecule has 0 N–H and O–H groups in total. The minimum absolute atomic E-state index is 0. The highest BCUT2D eigenvalue weighted by atomic mass is 19.1. The van der Waals surface area contributed by atoms with Crippen LogP contribution in [0.15, 0.2) is 48.7 Å². The first-order chi connectivity index (χ1) is 12.4. The smallest absolute Gasteiger partial charge is 0.229 e. The second-order valence-electron chi connectivity index (χ2n) is 6.24. The number of hydrogen-bond donors (Lipinski definition) is 0. The molecular weight excluding hydrogens is 335 g/mol. The third-order valence-electron chi connectivity index (χ3n) is 4.07. The lowest BCUT2D eigenvalue weighted by Gasteiger charge is -2.08. The molecule has 1 fully saturated rings. The molecule has 2 heterocycles. The third kappa shape index (κ3) is 4.33. The van der Waals surface area contributed by atoms with Crippen LogP contribution in [-0.2, 0) is 9.47 Å². The maximum absolute atomic E-state index is 13.1. The summed E-state index contributed by atoms with van der Waals surface area (Å²) in [6.45, 7) is 7.89. The van der Waals surface area contributed by atoms with Gasteiger partial charge in [0.05, 0.1) is 18.4 Å². The molecule has 0 spiro atoms. The molecule has 0 saturated carbocycles. The van der Waals surface area contributed by atoms with E-state index in [1.807, 2.05) is 13.0 Å². The van der Waals surface area contributed by atoms with Crippen molar-refractivity contribution in [3.63, 3.8) is 0 Å². The molecule has 2 atom stereocenters. The Bertz CT molecular complexity index is 845. The second kappa shape index (κ2) is 7.76. The summed E-state index contributed by atoms with van der Waals surface area (Å²) in [5, 5.41) is 0. The number of aromatic nitrogens is 2. The number of imidazole rings is 1. The SMILES string of the molecule is C=C(/C=C\c1nc(-c2ccc(F)cc2)cn1C(C)=O)C[C@H]1CO[C@H](C)O1.[HH]. The summed E-state index contributed by atoms with van der Waals surface area (Å²) in [5.74, 6) is 0.0241. The Kier molecular flexibility index (Phi) is 5.44. The minimum atomic E-state index is -0.316. The number of nitrogens with zero attached hydrogens (tertiary/aromatic N) is 2. The second-order valence-corrected chi connectivity index (χ2v) is 6.24. The maximum atomic E-state index is 13.1. The Morgan fingerprint density at radius 2 is 2.19 bits per heavy atom. The van der Waals surface area contributed by atoms with E-state index >= 15 is 0 Å². The Morgan fingerprint density at radius 3 is 2.81 bits per heavy atom. The molecule has 1 aliphatic heterocycles. The zero-order chi connectivity index (χ0) is 18.7. The predicted octanol–water partition coefficient (Wildman–Crippen LogP) is 4.32. The summed E-state index contributed by atoms with van der Waals surface area (Å²) in [4.78, 5) is 16.4. The molecule has 1 aliphatic rings. The quantitative estimate of drug-likeness (QED) is 0.747. The first-order valence-corrected chi connectivity index (χ1v) is 8.41. The highest BCUT2D eigenvalue weighted by Crippen LogP contribution is 2.21. The molecular formula is C20H23FN2O3. The van der Waals surface area contributed by atoms with Gasteiger partial charge in [-0.25, -0.2) is 9.37 Å². The third-order valence-corrected chi connectivity index (χ3v) is 4.07. The van der Waals surface area contributed by atoms with Crippen molar-refractivity contribution >= 4 is 12.0 Å². The van der Waals surface area contributed by atoms with Crippen LogP contribution in [-0.4, -0.2) is 34.5 Å². The Balaban J connectivity index is 0.00000261. The van der Waals surface area contributed by atoms with E-state index in [1.165, 1.54) is 23.6 Å². The maximum Gasteiger partial charge on any atom is 0.229 e.